The van der Waals surface area contributed by atoms with E-state index in [4.69, 9.17) is 11.5 Å². The van der Waals surface area contributed by atoms with Gasteiger partial charge in [0, 0.05) is 89.2 Å². The highest BCUT2D eigenvalue weighted by molar-refractivity contribution is 7.16. The van der Waals surface area contributed by atoms with Crippen LogP contribution in [0.3, 0.4) is 0 Å². The monoisotopic (exact) mass is 1610 g/mol. The predicted molar refractivity (Wildman–Crippen MR) is 416 cm³/mol. The van der Waals surface area contributed by atoms with Crippen molar-refractivity contribution in [1.82, 2.24) is 62.5 Å². The zero-order valence-electron chi connectivity index (χ0n) is 61.1. The zero-order chi connectivity index (χ0) is 81.0. The van der Waals surface area contributed by atoms with E-state index in [2.05, 4.69) is 83.7 Å². The summed E-state index contributed by atoms with van der Waals surface area (Å²) in [5.74, 6) is -6.83. The first kappa shape index (κ1) is 83.7. The molecule has 592 valence electrons. The van der Waals surface area contributed by atoms with Gasteiger partial charge in [-0.3, -0.25) is 52.7 Å². The van der Waals surface area contributed by atoms with Crippen molar-refractivity contribution in [1.29, 1.82) is 0 Å². The van der Waals surface area contributed by atoms with Crippen LogP contribution in [0.15, 0.2) is 97.6 Å². The van der Waals surface area contributed by atoms with Gasteiger partial charge in [0.1, 0.15) is 65.3 Å². The van der Waals surface area contributed by atoms with Gasteiger partial charge in [0.15, 0.2) is 26.3 Å². The van der Waals surface area contributed by atoms with Crippen LogP contribution in [0.5, 0.6) is 23.0 Å². The number of aliphatic carboxylic acids is 1. The second-order valence-electron chi connectivity index (χ2n) is 26.5. The number of hydrogen-bond donors (Lipinski definition) is 19. The van der Waals surface area contributed by atoms with E-state index in [1.807, 2.05) is 6.07 Å². The Morgan fingerprint density at radius 1 is 0.366 bits per heavy atom. The molecule has 8 atom stereocenters. The second-order valence-corrected chi connectivity index (χ2v) is 30.9. The number of carboxylic acids is 1. The van der Waals surface area contributed by atoms with Gasteiger partial charge in [-0.2, -0.15) is 0 Å². The standard InChI is InChI=1S/C36H42N10O8S2.C19H22N4O4S.C18H20N4O5S/c1-17-33(53)45-25(31(37)51)9-19-3-5-27(47)21(7-19)11-24-14-40-36(56-24)42-16-30(50)44-18(2)34(54)46-26(32(38)52)10-20-4-6-28(48)22(8-20)12-23-13-39-35(55-23)41-15-29(49)43-17;1-10-18(27)23-15(11(2)24)6-12-3-4-16(25)13(5-12)7-14-8-20-19(28-14)21-9-17(26)22-10;1-9-16(25)22-13(17(26)27)5-10-2-3-14(23)11(4-10)6-12-7-19-18(28-12)20-8-15(24)21-9/h3-8,13-14,17-18,25-26,47-48H,9-12,15-16H2,1-2H3,(H2,37,51)(H2,38,52)(H,39,41)(H,40,42)(H,43,49)(H,44,50)(H,45,53)(H,46,54);3-5,8,10,15,25H,6-7,9H2,1-2H3,(H,20,21)(H,22,26)(H,23,27);2-4,7,9,13,23H,5-6,8H2,1H3,(H,19,20)(H,21,24)(H,22,25)(H,26,27)/t17-,18-,25-,26-;10-,15-;9-,13-/m000/s1. The number of carboxylic acid groups (broad SMARTS) is 1. The van der Waals surface area contributed by atoms with Crippen molar-refractivity contribution in [3.05, 3.63) is 162 Å². The zero-order valence-corrected chi connectivity index (χ0v) is 64.3. The quantitative estimate of drug-likeness (QED) is 0.118. The molecule has 11 rings (SSSR count). The van der Waals surface area contributed by atoms with E-state index in [-0.39, 0.29) is 93.0 Å². The molecule has 0 radical (unpaired) electrons. The summed E-state index contributed by atoms with van der Waals surface area (Å²) in [6.45, 7) is 6.84. The van der Waals surface area contributed by atoms with Gasteiger partial charge in [-0.05, 0) is 110 Å². The lowest BCUT2D eigenvalue weighted by Crippen LogP contribution is -2.53. The van der Waals surface area contributed by atoms with Crippen LogP contribution in [0.1, 0.15) is 98.6 Å². The Labute approximate surface area is 656 Å². The smallest absolute Gasteiger partial charge is 0.326 e. The number of phenolic OH excluding ortho intramolecular Hbond substituents is 4. The minimum atomic E-state index is -1.18. The predicted octanol–water partition coefficient (Wildman–Crippen LogP) is 1.23. The number of hydrogen-bond acceptors (Lipinski definition) is 28. The summed E-state index contributed by atoms with van der Waals surface area (Å²) >= 11 is 5.20. The molecule has 4 aromatic heterocycles. The number of ketones is 1. The van der Waals surface area contributed by atoms with Crippen LogP contribution in [-0.2, 0) is 109 Å². The molecular formula is C73H84N18O17S4. The van der Waals surface area contributed by atoms with Gasteiger partial charge < -0.3 is 101 Å². The molecule has 0 unspecified atom stereocenters. The highest BCUT2D eigenvalue weighted by atomic mass is 32.1. The number of nitrogens with two attached hydrogens (primary N) is 2. The molecule has 39 heteroatoms. The van der Waals surface area contributed by atoms with Crippen LogP contribution < -0.4 is 75.3 Å². The van der Waals surface area contributed by atoms with Crippen molar-refractivity contribution in [2.24, 2.45) is 11.5 Å². The van der Waals surface area contributed by atoms with Gasteiger partial charge in [0.2, 0.25) is 59.1 Å². The Morgan fingerprint density at radius 3 is 0.839 bits per heavy atom. The first-order valence-electron chi connectivity index (χ1n) is 34.9. The van der Waals surface area contributed by atoms with Crippen LogP contribution in [0.2, 0.25) is 0 Å². The van der Waals surface area contributed by atoms with Crippen molar-refractivity contribution >= 4 is 137 Å². The van der Waals surface area contributed by atoms with Crippen molar-refractivity contribution in [2.75, 3.05) is 47.4 Å². The topological polar surface area (TPSA) is 554 Å². The first-order chi connectivity index (χ1) is 53.3. The number of nitrogens with zero attached hydrogens (tertiary/aromatic N) is 4. The maximum absolute atomic E-state index is 13.0. The third-order valence-electron chi connectivity index (χ3n) is 17.4. The Kier molecular flexibility index (Phi) is 29.0. The average molecular weight is 1610 g/mol. The molecule has 0 fully saturated rings. The summed E-state index contributed by atoms with van der Waals surface area (Å²) in [5.41, 5.74) is 16.3. The number of Topliss-reactive ketones (excluding diaryl/α,β-unsaturated/α-hetero) is 1. The second kappa shape index (κ2) is 38.8. The summed E-state index contributed by atoms with van der Waals surface area (Å²) in [7, 11) is 0. The van der Waals surface area contributed by atoms with Crippen LogP contribution >= 0.6 is 45.3 Å². The van der Waals surface area contributed by atoms with E-state index in [9.17, 15) is 83.1 Å². The third-order valence-corrected chi connectivity index (χ3v) is 21.3. The molecule has 0 saturated carbocycles. The normalized spacial score (nSPS) is 20.6. The van der Waals surface area contributed by atoms with Crippen molar-refractivity contribution in [3.63, 3.8) is 0 Å². The van der Waals surface area contributed by atoms with Gasteiger partial charge in [-0.15, -0.1) is 45.3 Å². The summed E-state index contributed by atoms with van der Waals surface area (Å²) in [4.78, 5) is 169. The lowest BCUT2D eigenvalue weighted by molar-refractivity contribution is -0.142. The number of fused-ring (bicyclic) bond motifs is 16. The van der Waals surface area contributed by atoms with E-state index in [0.29, 0.717) is 78.7 Å². The molecule has 10 amide bonds. The number of carbonyl (C=O) groups is 12. The number of aromatic hydroxyl groups is 4. The summed E-state index contributed by atoms with van der Waals surface area (Å²) in [5, 5.41) is 85.1. The number of rotatable bonds is 4. The van der Waals surface area contributed by atoms with Crippen LogP contribution in [-0.4, -0.2) is 191 Å². The van der Waals surface area contributed by atoms with Gasteiger partial charge in [0.05, 0.1) is 32.2 Å². The molecule has 0 aliphatic carbocycles. The van der Waals surface area contributed by atoms with E-state index in [1.165, 1.54) is 91.2 Å². The molecule has 8 aromatic rings. The number of phenols is 4. The fraction of sp³-hybridized carbons (Fsp3) is 0.342. The van der Waals surface area contributed by atoms with E-state index in [1.54, 1.807) is 80.2 Å². The lowest BCUT2D eigenvalue weighted by Gasteiger charge is -2.20. The maximum atomic E-state index is 13.0. The number of benzene rings is 4. The number of amides is 10. The number of carbonyl (C=O) groups excluding carboxylic acids is 11. The van der Waals surface area contributed by atoms with Crippen molar-refractivity contribution < 1.29 is 83.1 Å². The van der Waals surface area contributed by atoms with E-state index < -0.39 is 107 Å². The molecule has 112 heavy (non-hydrogen) atoms. The number of aromatic nitrogens is 4. The SMILES string of the molecule is CC(=O)[C@@H]1Cc2ccc(O)c(c2)Cc2cnc(s2)NCC(=O)N[C@@H](C)C(=O)N1.C[C@@H]1NC(=O)CNc2ncc(s2)Cc2cc(ccc2O)C[C@@H](C(=O)O)NC1=O.C[C@@H]1NC(=O)CNc2ncc(s2)Cc2cc(ccc2O)C[C@@H](C(N)=O)NC(=O)[C@H](C)NC(=O)CNc2ncc(s2)Cc2cc(ccc2O)C[C@@H](C(N)=O)NC1=O. The summed E-state index contributed by atoms with van der Waals surface area (Å²) in [6, 6.07) is 11.6. The fourth-order valence-electron chi connectivity index (χ4n) is 11.4. The molecule has 21 N–H and O–H groups in total. The average Bonchev–Trinajstić information content (AvgIpc) is 1.52. The van der Waals surface area contributed by atoms with Crippen LogP contribution in [0, 0.1) is 0 Å². The van der Waals surface area contributed by atoms with Crippen molar-refractivity contribution in [3.8, 4) is 23.0 Å². The van der Waals surface area contributed by atoms with Crippen LogP contribution in [0.4, 0.5) is 20.5 Å². The van der Waals surface area contributed by atoms with Crippen LogP contribution in [0.25, 0.3) is 0 Å². The van der Waals surface area contributed by atoms with Gasteiger partial charge in [-0.25, -0.2) is 24.7 Å². The number of nitrogens with one attached hydrogen (secondary N) is 12. The van der Waals surface area contributed by atoms with E-state index in [0.717, 1.165) is 25.1 Å². The summed E-state index contributed by atoms with van der Waals surface area (Å²) < 4.78 is 0. The van der Waals surface area contributed by atoms with Gasteiger partial charge in [0.25, 0.3) is 0 Å². The highest BCUT2D eigenvalue weighted by Crippen LogP contribution is 2.32. The molecule has 0 spiro atoms. The number of primary amides is 2. The Hall–Kier alpha value is -12.4. The molecule has 3 aliphatic heterocycles. The van der Waals surface area contributed by atoms with E-state index >= 15 is 0 Å². The van der Waals surface area contributed by atoms with Crippen molar-refractivity contribution in [2.45, 2.75) is 134 Å². The lowest BCUT2D eigenvalue weighted by atomic mass is 9.99. The Bertz CT molecular complexity index is 4540. The molecule has 16 bridgehead atoms. The Morgan fingerprint density at radius 2 is 0.598 bits per heavy atom. The number of thiazole rings is 4. The maximum Gasteiger partial charge on any atom is 0.326 e. The molecule has 3 aliphatic rings. The third kappa shape index (κ3) is 24.8. The van der Waals surface area contributed by atoms with Gasteiger partial charge in [-0.1, -0.05) is 48.5 Å². The number of anilines is 4. The van der Waals surface area contributed by atoms with Gasteiger partial charge >= 0.3 is 5.97 Å². The molecular weight excluding hydrogens is 1530 g/mol. The molecule has 35 nitrogen and oxygen atoms in total. The highest BCUT2D eigenvalue weighted by Gasteiger charge is 2.30. The minimum Gasteiger partial charge on any atom is -0.508 e. The molecule has 7 heterocycles. The minimum absolute atomic E-state index is 0.00886. The fourth-order valence-corrected chi connectivity index (χ4v) is 14.7. The molecule has 0 saturated heterocycles. The molecule has 4 aromatic carbocycles. The largest absolute Gasteiger partial charge is 0.508 e. The summed E-state index contributed by atoms with van der Waals surface area (Å²) in [6.07, 6.45) is 8.24. The first-order valence-corrected chi connectivity index (χ1v) is 38.2. The Balaban J connectivity index is 0.000000214.